The SMILES string of the molecule is CCCC(=O)CCc1ccc(Cl)c(C)c1. The molecular formula is C13H17ClO. The third-order valence-electron chi connectivity index (χ3n) is 2.44. The average molecular weight is 225 g/mol. The van der Waals surface area contributed by atoms with Gasteiger partial charge in [-0.25, -0.2) is 0 Å². The van der Waals surface area contributed by atoms with Gasteiger partial charge in [0.25, 0.3) is 0 Å². The van der Waals surface area contributed by atoms with Crippen molar-refractivity contribution >= 4 is 17.4 Å². The molecule has 0 saturated heterocycles. The van der Waals surface area contributed by atoms with Crippen molar-refractivity contribution in [2.45, 2.75) is 39.5 Å². The number of rotatable bonds is 5. The molecular weight excluding hydrogens is 208 g/mol. The summed E-state index contributed by atoms with van der Waals surface area (Å²) in [5, 5.41) is 0.790. The number of hydrogen-bond acceptors (Lipinski definition) is 1. The molecule has 0 radical (unpaired) electrons. The predicted molar refractivity (Wildman–Crippen MR) is 64.4 cm³/mol. The highest BCUT2D eigenvalue weighted by Crippen LogP contribution is 2.17. The van der Waals surface area contributed by atoms with Crippen molar-refractivity contribution in [2.75, 3.05) is 0 Å². The molecule has 0 heterocycles. The Balaban J connectivity index is 2.51. The van der Waals surface area contributed by atoms with Crippen LogP contribution in [-0.2, 0) is 11.2 Å². The van der Waals surface area contributed by atoms with Crippen LogP contribution in [0, 0.1) is 6.92 Å². The van der Waals surface area contributed by atoms with Gasteiger partial charge in [-0.2, -0.15) is 0 Å². The molecule has 1 rings (SSSR count). The number of aryl methyl sites for hydroxylation is 2. The molecule has 0 aliphatic carbocycles. The summed E-state index contributed by atoms with van der Waals surface area (Å²) in [5.41, 5.74) is 2.28. The summed E-state index contributed by atoms with van der Waals surface area (Å²) in [4.78, 5) is 11.3. The van der Waals surface area contributed by atoms with Gasteiger partial charge in [0.1, 0.15) is 5.78 Å². The van der Waals surface area contributed by atoms with Crippen molar-refractivity contribution in [3.63, 3.8) is 0 Å². The molecule has 2 heteroatoms. The van der Waals surface area contributed by atoms with Crippen LogP contribution >= 0.6 is 11.6 Å². The highest BCUT2D eigenvalue weighted by Gasteiger charge is 2.02. The summed E-state index contributed by atoms with van der Waals surface area (Å²) >= 11 is 5.93. The molecule has 82 valence electrons. The molecule has 0 spiro atoms. The lowest BCUT2D eigenvalue weighted by atomic mass is 10.0. The standard InChI is InChI=1S/C13H17ClO/c1-3-4-12(15)7-5-11-6-8-13(14)10(2)9-11/h6,8-9H,3-5,7H2,1-2H3. The van der Waals surface area contributed by atoms with E-state index < -0.39 is 0 Å². The summed E-state index contributed by atoms with van der Waals surface area (Å²) in [6.45, 7) is 4.02. The molecule has 0 aliphatic rings. The molecule has 15 heavy (non-hydrogen) atoms. The smallest absolute Gasteiger partial charge is 0.133 e. The Kier molecular flexibility index (Phi) is 4.83. The number of carbonyl (C=O) groups excluding carboxylic acids is 1. The maximum atomic E-state index is 11.3. The predicted octanol–water partition coefficient (Wildman–Crippen LogP) is 3.95. The number of carbonyl (C=O) groups is 1. The van der Waals surface area contributed by atoms with Gasteiger partial charge >= 0.3 is 0 Å². The van der Waals surface area contributed by atoms with Gasteiger partial charge in [0.05, 0.1) is 0 Å². The topological polar surface area (TPSA) is 17.1 Å². The van der Waals surface area contributed by atoms with Gasteiger partial charge in [-0.05, 0) is 37.0 Å². The Bertz CT molecular complexity index is 344. The summed E-state index contributed by atoms with van der Waals surface area (Å²) in [7, 11) is 0. The first-order valence-electron chi connectivity index (χ1n) is 5.40. The van der Waals surface area contributed by atoms with Crippen molar-refractivity contribution < 1.29 is 4.79 Å². The van der Waals surface area contributed by atoms with Crippen LogP contribution < -0.4 is 0 Å². The molecule has 0 bridgehead atoms. The lowest BCUT2D eigenvalue weighted by Crippen LogP contribution is -1.99. The van der Waals surface area contributed by atoms with E-state index >= 15 is 0 Å². The number of hydrogen-bond donors (Lipinski definition) is 0. The molecule has 0 unspecified atom stereocenters. The Morgan fingerprint density at radius 1 is 1.33 bits per heavy atom. The maximum absolute atomic E-state index is 11.3. The third-order valence-corrected chi connectivity index (χ3v) is 2.87. The second-order valence-electron chi connectivity index (χ2n) is 3.87. The van der Waals surface area contributed by atoms with Crippen LogP contribution in [0.3, 0.4) is 0 Å². The minimum Gasteiger partial charge on any atom is -0.300 e. The van der Waals surface area contributed by atoms with E-state index in [9.17, 15) is 4.79 Å². The van der Waals surface area contributed by atoms with Crippen LogP contribution in [-0.4, -0.2) is 5.78 Å². The van der Waals surface area contributed by atoms with Gasteiger partial charge in [-0.3, -0.25) is 4.79 Å². The largest absolute Gasteiger partial charge is 0.300 e. The first-order chi connectivity index (χ1) is 7.13. The summed E-state index contributed by atoms with van der Waals surface area (Å²) < 4.78 is 0. The quantitative estimate of drug-likeness (QED) is 0.740. The highest BCUT2D eigenvalue weighted by atomic mass is 35.5. The normalized spacial score (nSPS) is 10.3. The van der Waals surface area contributed by atoms with Crippen molar-refractivity contribution in [1.29, 1.82) is 0 Å². The van der Waals surface area contributed by atoms with Crippen LogP contribution in [0.15, 0.2) is 18.2 Å². The van der Waals surface area contributed by atoms with Gasteiger partial charge in [-0.15, -0.1) is 0 Å². The third kappa shape index (κ3) is 4.05. The minimum absolute atomic E-state index is 0.352. The van der Waals surface area contributed by atoms with Gasteiger partial charge in [0, 0.05) is 17.9 Å². The van der Waals surface area contributed by atoms with E-state index in [0.717, 1.165) is 23.4 Å². The Labute approximate surface area is 96.5 Å². The van der Waals surface area contributed by atoms with E-state index in [1.807, 2.05) is 26.0 Å². The summed E-state index contributed by atoms with van der Waals surface area (Å²) in [6, 6.07) is 5.95. The molecule has 1 aromatic carbocycles. The van der Waals surface area contributed by atoms with Crippen LogP contribution in [0.5, 0.6) is 0 Å². The van der Waals surface area contributed by atoms with Gasteiger partial charge < -0.3 is 0 Å². The zero-order chi connectivity index (χ0) is 11.3. The molecule has 0 saturated carbocycles. The second-order valence-corrected chi connectivity index (χ2v) is 4.28. The van der Waals surface area contributed by atoms with E-state index in [-0.39, 0.29) is 0 Å². The second kappa shape index (κ2) is 5.92. The van der Waals surface area contributed by atoms with E-state index in [0.29, 0.717) is 18.6 Å². The zero-order valence-electron chi connectivity index (χ0n) is 9.35. The van der Waals surface area contributed by atoms with Crippen molar-refractivity contribution in [3.05, 3.63) is 34.3 Å². The van der Waals surface area contributed by atoms with Crippen LogP contribution in [0.2, 0.25) is 5.02 Å². The van der Waals surface area contributed by atoms with E-state index in [1.54, 1.807) is 0 Å². The summed E-state index contributed by atoms with van der Waals surface area (Å²) in [5.74, 6) is 0.352. The molecule has 0 amide bonds. The van der Waals surface area contributed by atoms with E-state index in [4.69, 9.17) is 11.6 Å². The van der Waals surface area contributed by atoms with Crippen molar-refractivity contribution in [3.8, 4) is 0 Å². The molecule has 0 aliphatic heterocycles. The number of ketones is 1. The first-order valence-corrected chi connectivity index (χ1v) is 5.78. The summed E-state index contributed by atoms with van der Waals surface area (Å²) in [6.07, 6.45) is 3.12. The van der Waals surface area contributed by atoms with E-state index in [2.05, 4.69) is 6.07 Å². The number of halogens is 1. The first kappa shape index (κ1) is 12.3. The minimum atomic E-state index is 0.352. The van der Waals surface area contributed by atoms with Gasteiger partial charge in [-0.1, -0.05) is 30.7 Å². The zero-order valence-corrected chi connectivity index (χ0v) is 10.1. The lowest BCUT2D eigenvalue weighted by molar-refractivity contribution is -0.119. The Morgan fingerprint density at radius 2 is 2.07 bits per heavy atom. The van der Waals surface area contributed by atoms with Crippen LogP contribution in [0.4, 0.5) is 0 Å². The Morgan fingerprint density at radius 3 is 2.67 bits per heavy atom. The Hall–Kier alpha value is -0.820. The molecule has 1 aromatic rings. The van der Waals surface area contributed by atoms with Gasteiger partial charge in [0.2, 0.25) is 0 Å². The number of benzene rings is 1. The molecule has 0 aromatic heterocycles. The number of Topliss-reactive ketones (excluding diaryl/α,β-unsaturated/α-hetero) is 1. The van der Waals surface area contributed by atoms with Gasteiger partial charge in [0.15, 0.2) is 0 Å². The fraction of sp³-hybridized carbons (Fsp3) is 0.462. The van der Waals surface area contributed by atoms with Crippen LogP contribution in [0.1, 0.15) is 37.3 Å². The molecule has 0 fully saturated rings. The fourth-order valence-corrected chi connectivity index (χ4v) is 1.67. The maximum Gasteiger partial charge on any atom is 0.133 e. The van der Waals surface area contributed by atoms with Crippen LogP contribution in [0.25, 0.3) is 0 Å². The monoisotopic (exact) mass is 224 g/mol. The highest BCUT2D eigenvalue weighted by molar-refractivity contribution is 6.31. The molecule has 0 atom stereocenters. The van der Waals surface area contributed by atoms with Crippen molar-refractivity contribution in [2.24, 2.45) is 0 Å². The fourth-order valence-electron chi connectivity index (χ4n) is 1.55. The molecule has 0 N–H and O–H groups in total. The average Bonchev–Trinajstić information content (AvgIpc) is 2.20. The lowest BCUT2D eigenvalue weighted by Gasteiger charge is -2.03. The van der Waals surface area contributed by atoms with E-state index in [1.165, 1.54) is 5.56 Å². The van der Waals surface area contributed by atoms with Crippen molar-refractivity contribution in [1.82, 2.24) is 0 Å². The molecule has 1 nitrogen and oxygen atoms in total.